The Kier molecular flexibility index (Phi) is 5.52. The van der Waals surface area contributed by atoms with Crippen molar-refractivity contribution >= 4 is 15.7 Å². The van der Waals surface area contributed by atoms with Gasteiger partial charge in [0.05, 0.1) is 16.5 Å². The van der Waals surface area contributed by atoms with Crippen molar-refractivity contribution in [1.82, 2.24) is 4.90 Å². The number of piperidine rings is 1. The van der Waals surface area contributed by atoms with Crippen molar-refractivity contribution in [3.63, 3.8) is 0 Å². The van der Waals surface area contributed by atoms with Gasteiger partial charge in [-0.15, -0.1) is 0 Å². The highest BCUT2D eigenvalue weighted by molar-refractivity contribution is 7.90. The first-order valence-corrected chi connectivity index (χ1v) is 10.8. The van der Waals surface area contributed by atoms with Gasteiger partial charge in [0.2, 0.25) is 0 Å². The predicted molar refractivity (Wildman–Crippen MR) is 98.6 cm³/mol. The van der Waals surface area contributed by atoms with E-state index in [9.17, 15) is 26.4 Å². The molecule has 0 aromatic heterocycles. The molecule has 2 aromatic rings. The van der Waals surface area contributed by atoms with Crippen molar-refractivity contribution in [2.24, 2.45) is 0 Å². The second kappa shape index (κ2) is 7.58. The van der Waals surface area contributed by atoms with Gasteiger partial charge in [-0.2, -0.15) is 13.2 Å². The number of carbonyl (C=O) groups excluding carboxylic acids is 1. The largest absolute Gasteiger partial charge is 0.416 e. The maximum Gasteiger partial charge on any atom is 0.416 e. The predicted octanol–water partition coefficient (Wildman–Crippen LogP) is 4.48. The summed E-state index contributed by atoms with van der Waals surface area (Å²) in [7, 11) is -3.40. The van der Waals surface area contributed by atoms with Gasteiger partial charge in [-0.05, 0) is 55.2 Å². The lowest BCUT2D eigenvalue weighted by molar-refractivity contribution is -0.138. The summed E-state index contributed by atoms with van der Waals surface area (Å²) >= 11 is 0. The summed E-state index contributed by atoms with van der Waals surface area (Å²) in [4.78, 5) is 14.5. The Bertz CT molecular complexity index is 969. The van der Waals surface area contributed by atoms with Gasteiger partial charge in [0.1, 0.15) is 0 Å². The highest BCUT2D eigenvalue weighted by Crippen LogP contribution is 2.40. The van der Waals surface area contributed by atoms with Crippen LogP contribution < -0.4 is 0 Å². The van der Waals surface area contributed by atoms with Crippen LogP contribution in [0.2, 0.25) is 0 Å². The second-order valence-corrected chi connectivity index (χ2v) is 8.91. The molecule has 1 atom stereocenters. The van der Waals surface area contributed by atoms with E-state index in [1.54, 1.807) is 6.07 Å². The summed E-state index contributed by atoms with van der Waals surface area (Å²) in [6.45, 7) is 0.351. The fraction of sp³-hybridized carbons (Fsp3) is 0.350. The first kappa shape index (κ1) is 20.4. The first-order chi connectivity index (χ1) is 13.1. The molecule has 28 heavy (non-hydrogen) atoms. The van der Waals surface area contributed by atoms with E-state index >= 15 is 0 Å². The molecule has 1 saturated heterocycles. The molecule has 0 spiro atoms. The Hall–Kier alpha value is -2.35. The minimum Gasteiger partial charge on any atom is -0.332 e. The molecule has 2 aromatic carbocycles. The molecule has 0 bridgehead atoms. The van der Waals surface area contributed by atoms with E-state index in [0.29, 0.717) is 19.4 Å². The molecule has 0 N–H and O–H groups in total. The molecule has 1 amide bonds. The summed E-state index contributed by atoms with van der Waals surface area (Å²) in [5.41, 5.74) is -0.383. The fourth-order valence-electron chi connectivity index (χ4n) is 3.55. The highest BCUT2D eigenvalue weighted by atomic mass is 32.2. The molecule has 3 rings (SSSR count). The molecule has 1 aliphatic heterocycles. The summed E-state index contributed by atoms with van der Waals surface area (Å²) in [5, 5.41) is 0. The number of hydrogen-bond acceptors (Lipinski definition) is 3. The smallest absolute Gasteiger partial charge is 0.332 e. The number of sulfone groups is 1. The molecule has 150 valence electrons. The van der Waals surface area contributed by atoms with Gasteiger partial charge in [-0.1, -0.05) is 18.2 Å². The maximum absolute atomic E-state index is 13.5. The lowest BCUT2D eigenvalue weighted by Crippen LogP contribution is -2.39. The van der Waals surface area contributed by atoms with E-state index in [-0.39, 0.29) is 16.0 Å². The zero-order valence-corrected chi connectivity index (χ0v) is 16.1. The van der Waals surface area contributed by atoms with Crippen molar-refractivity contribution in [2.45, 2.75) is 36.4 Å². The fourth-order valence-corrected chi connectivity index (χ4v) is 4.18. The minimum atomic E-state index is -4.50. The van der Waals surface area contributed by atoms with Crippen LogP contribution in [0.15, 0.2) is 53.4 Å². The number of hydrogen-bond donors (Lipinski definition) is 0. The van der Waals surface area contributed by atoms with Gasteiger partial charge >= 0.3 is 6.18 Å². The third-order valence-corrected chi connectivity index (χ3v) is 6.05. The van der Waals surface area contributed by atoms with Crippen molar-refractivity contribution in [1.29, 1.82) is 0 Å². The molecule has 1 heterocycles. The van der Waals surface area contributed by atoms with E-state index in [2.05, 4.69) is 0 Å². The highest BCUT2D eigenvalue weighted by Gasteiger charge is 2.38. The quantitative estimate of drug-likeness (QED) is 0.749. The van der Waals surface area contributed by atoms with Gasteiger partial charge in [-0.25, -0.2) is 8.42 Å². The Balaban J connectivity index is 1.96. The van der Waals surface area contributed by atoms with Crippen LogP contribution >= 0.6 is 0 Å². The number of halogens is 3. The Labute approximate surface area is 161 Å². The SMILES string of the molecule is CS(=O)(=O)c1ccc(C(=O)N2CCCCC2c2ccccc2C(F)(F)F)cc1. The van der Waals surface area contributed by atoms with E-state index in [1.165, 1.54) is 41.3 Å². The molecule has 1 fully saturated rings. The lowest BCUT2D eigenvalue weighted by Gasteiger charge is -2.37. The minimum absolute atomic E-state index is 0.0849. The number of likely N-dealkylation sites (tertiary alicyclic amines) is 1. The normalized spacial score (nSPS) is 18.1. The Morgan fingerprint density at radius 1 is 1.04 bits per heavy atom. The standard InChI is InChI=1S/C20H20F3NO3S/c1-28(26,27)15-11-9-14(10-12-15)19(25)24-13-5-4-8-18(24)16-6-2-3-7-17(16)20(21,22)23/h2-3,6-7,9-12,18H,4-5,8,13H2,1H3. The van der Waals surface area contributed by atoms with Gasteiger partial charge in [0, 0.05) is 18.4 Å². The number of amides is 1. The van der Waals surface area contributed by atoms with Gasteiger partial charge < -0.3 is 4.90 Å². The lowest BCUT2D eigenvalue weighted by atomic mass is 9.91. The van der Waals surface area contributed by atoms with Crippen LogP contribution in [0.1, 0.15) is 46.8 Å². The topological polar surface area (TPSA) is 54.5 Å². The van der Waals surface area contributed by atoms with Gasteiger partial charge in [0.15, 0.2) is 9.84 Å². The number of benzene rings is 2. The summed E-state index contributed by atoms with van der Waals surface area (Å²) in [6.07, 6.45) is -1.55. The molecule has 0 radical (unpaired) electrons. The van der Waals surface area contributed by atoms with Crippen LogP contribution in [0.25, 0.3) is 0 Å². The number of carbonyl (C=O) groups is 1. The molecule has 8 heteroatoms. The average molecular weight is 411 g/mol. The molecular formula is C20H20F3NO3S. The van der Waals surface area contributed by atoms with Crippen LogP contribution in [0.5, 0.6) is 0 Å². The maximum atomic E-state index is 13.5. The zero-order valence-electron chi connectivity index (χ0n) is 15.2. The third kappa shape index (κ3) is 4.22. The van der Waals surface area contributed by atoms with Crippen molar-refractivity contribution in [3.8, 4) is 0 Å². The average Bonchev–Trinajstić information content (AvgIpc) is 2.66. The van der Waals surface area contributed by atoms with Crippen molar-refractivity contribution in [3.05, 3.63) is 65.2 Å². The molecule has 1 aliphatic rings. The van der Waals surface area contributed by atoms with Crippen LogP contribution in [0, 0.1) is 0 Å². The van der Waals surface area contributed by atoms with E-state index in [1.807, 2.05) is 0 Å². The van der Waals surface area contributed by atoms with E-state index < -0.39 is 33.5 Å². The van der Waals surface area contributed by atoms with Gasteiger partial charge in [-0.3, -0.25) is 4.79 Å². The Morgan fingerprint density at radius 3 is 2.29 bits per heavy atom. The third-order valence-electron chi connectivity index (χ3n) is 4.92. The number of rotatable bonds is 3. The molecule has 1 unspecified atom stereocenters. The van der Waals surface area contributed by atoms with Gasteiger partial charge in [0.25, 0.3) is 5.91 Å². The zero-order chi connectivity index (χ0) is 20.5. The van der Waals surface area contributed by atoms with Crippen LogP contribution in [-0.2, 0) is 16.0 Å². The number of alkyl halides is 3. The van der Waals surface area contributed by atoms with Crippen LogP contribution in [0.4, 0.5) is 13.2 Å². The molecular weight excluding hydrogens is 391 g/mol. The molecule has 0 saturated carbocycles. The van der Waals surface area contributed by atoms with Crippen molar-refractivity contribution in [2.75, 3.05) is 12.8 Å². The summed E-state index contributed by atoms with van der Waals surface area (Å²) in [5.74, 6) is -0.401. The number of nitrogens with zero attached hydrogens (tertiary/aromatic N) is 1. The Morgan fingerprint density at radius 2 is 1.68 bits per heavy atom. The first-order valence-electron chi connectivity index (χ1n) is 8.86. The summed E-state index contributed by atoms with van der Waals surface area (Å²) in [6, 6.07) is 10.2. The summed E-state index contributed by atoms with van der Waals surface area (Å²) < 4.78 is 63.5. The van der Waals surface area contributed by atoms with Crippen LogP contribution in [0.3, 0.4) is 0 Å². The molecule has 4 nitrogen and oxygen atoms in total. The second-order valence-electron chi connectivity index (χ2n) is 6.89. The van der Waals surface area contributed by atoms with Crippen molar-refractivity contribution < 1.29 is 26.4 Å². The van der Waals surface area contributed by atoms with Crippen LogP contribution in [-0.4, -0.2) is 32.0 Å². The van der Waals surface area contributed by atoms with E-state index in [0.717, 1.165) is 18.7 Å². The molecule has 0 aliphatic carbocycles. The van der Waals surface area contributed by atoms with E-state index in [4.69, 9.17) is 0 Å². The monoisotopic (exact) mass is 411 g/mol.